The molecule has 0 aliphatic rings. The molecule has 176 valence electrons. The molecule has 2 heterocycles. The molecule has 0 radical (unpaired) electrons. The standard InChI is InChI=1S/C26H27BrN4O3/c1-5-16(3)25-29-22-12-11-18(27)13-20(22)26(33)31(25)28-14-21-17(4)30(15-24(32)34-6-2)23-10-8-7-9-19(21)23/h7-14,16H,5-6,15H2,1-4H3/t16-/m0/s1. The van der Waals surface area contributed by atoms with Crippen LogP contribution in [-0.2, 0) is 16.1 Å². The lowest BCUT2D eigenvalue weighted by Gasteiger charge is -2.14. The van der Waals surface area contributed by atoms with E-state index in [1.807, 2.05) is 54.8 Å². The van der Waals surface area contributed by atoms with Gasteiger partial charge < -0.3 is 9.30 Å². The summed E-state index contributed by atoms with van der Waals surface area (Å²) in [5.74, 6) is 0.366. The van der Waals surface area contributed by atoms with Crippen molar-refractivity contribution in [2.45, 2.75) is 46.6 Å². The SMILES string of the molecule is CCOC(=O)Cn1c(C)c(C=Nn2c([C@@H](C)CC)nc3ccc(Br)cc3c2=O)c2ccccc21. The number of rotatable bonds is 7. The van der Waals surface area contributed by atoms with E-state index < -0.39 is 0 Å². The highest BCUT2D eigenvalue weighted by Gasteiger charge is 2.18. The van der Waals surface area contributed by atoms with E-state index in [2.05, 4.69) is 28.0 Å². The van der Waals surface area contributed by atoms with Gasteiger partial charge in [-0.15, -0.1) is 0 Å². The molecule has 2 aromatic carbocycles. The number of ether oxygens (including phenoxy) is 1. The van der Waals surface area contributed by atoms with Crippen molar-refractivity contribution in [3.8, 4) is 0 Å². The van der Waals surface area contributed by atoms with Crippen LogP contribution in [0.15, 0.2) is 56.8 Å². The Kier molecular flexibility index (Phi) is 6.97. The number of carbonyl (C=O) groups excluding carboxylic acids is 1. The van der Waals surface area contributed by atoms with Gasteiger partial charge in [0.1, 0.15) is 12.4 Å². The van der Waals surface area contributed by atoms with Crippen LogP contribution in [0.1, 0.15) is 50.2 Å². The van der Waals surface area contributed by atoms with Crippen molar-refractivity contribution in [1.82, 2.24) is 14.2 Å². The topological polar surface area (TPSA) is 78.5 Å². The monoisotopic (exact) mass is 522 g/mol. The van der Waals surface area contributed by atoms with Gasteiger partial charge in [-0.25, -0.2) is 4.98 Å². The largest absolute Gasteiger partial charge is 0.465 e. The maximum absolute atomic E-state index is 13.4. The van der Waals surface area contributed by atoms with Gasteiger partial charge in [-0.3, -0.25) is 9.59 Å². The first-order valence-electron chi connectivity index (χ1n) is 11.4. The van der Waals surface area contributed by atoms with E-state index in [-0.39, 0.29) is 24.0 Å². The van der Waals surface area contributed by atoms with Gasteiger partial charge >= 0.3 is 5.97 Å². The van der Waals surface area contributed by atoms with Crippen LogP contribution in [0.3, 0.4) is 0 Å². The molecular weight excluding hydrogens is 496 g/mol. The summed E-state index contributed by atoms with van der Waals surface area (Å²) in [4.78, 5) is 30.4. The van der Waals surface area contributed by atoms with Gasteiger partial charge in [0, 0.05) is 32.6 Å². The summed E-state index contributed by atoms with van der Waals surface area (Å²) in [5, 5.41) is 6.08. The number of para-hydroxylation sites is 1. The van der Waals surface area contributed by atoms with Crippen molar-refractivity contribution in [3.05, 3.63) is 74.4 Å². The number of hydrogen-bond acceptors (Lipinski definition) is 5. The molecule has 0 saturated carbocycles. The minimum absolute atomic E-state index is 0.0455. The number of benzene rings is 2. The van der Waals surface area contributed by atoms with Gasteiger partial charge in [-0.05, 0) is 44.5 Å². The number of aromatic nitrogens is 3. The van der Waals surface area contributed by atoms with Crippen LogP contribution in [0, 0.1) is 6.92 Å². The zero-order valence-electron chi connectivity index (χ0n) is 19.7. The Morgan fingerprint density at radius 2 is 1.97 bits per heavy atom. The molecule has 8 heteroatoms. The molecule has 0 aliphatic carbocycles. The molecular formula is C26H27BrN4O3. The van der Waals surface area contributed by atoms with Gasteiger partial charge in [0.15, 0.2) is 0 Å². The molecule has 0 unspecified atom stereocenters. The molecule has 2 aromatic heterocycles. The summed E-state index contributed by atoms with van der Waals surface area (Å²) in [6.45, 7) is 8.27. The Morgan fingerprint density at radius 3 is 2.71 bits per heavy atom. The van der Waals surface area contributed by atoms with Crippen molar-refractivity contribution in [2.75, 3.05) is 6.61 Å². The first kappa shape index (κ1) is 23.9. The van der Waals surface area contributed by atoms with Crippen molar-refractivity contribution in [1.29, 1.82) is 0 Å². The third-order valence-corrected chi connectivity index (χ3v) is 6.55. The Hall–Kier alpha value is -3.26. The zero-order chi connectivity index (χ0) is 24.4. The van der Waals surface area contributed by atoms with Gasteiger partial charge in [-0.2, -0.15) is 9.78 Å². The second-order valence-corrected chi connectivity index (χ2v) is 9.13. The first-order valence-corrected chi connectivity index (χ1v) is 12.1. The smallest absolute Gasteiger partial charge is 0.325 e. The number of fused-ring (bicyclic) bond motifs is 2. The van der Waals surface area contributed by atoms with E-state index in [9.17, 15) is 9.59 Å². The van der Waals surface area contributed by atoms with Gasteiger partial charge in [0.2, 0.25) is 0 Å². The summed E-state index contributed by atoms with van der Waals surface area (Å²) in [6, 6.07) is 13.3. The minimum Gasteiger partial charge on any atom is -0.465 e. The van der Waals surface area contributed by atoms with Crippen molar-refractivity contribution in [2.24, 2.45) is 5.10 Å². The Balaban J connectivity index is 1.89. The van der Waals surface area contributed by atoms with Crippen LogP contribution < -0.4 is 5.56 Å². The number of nitrogens with zero attached hydrogens (tertiary/aromatic N) is 4. The maximum atomic E-state index is 13.4. The third-order valence-electron chi connectivity index (χ3n) is 6.06. The van der Waals surface area contributed by atoms with Gasteiger partial charge in [-0.1, -0.05) is 48.0 Å². The number of esters is 1. The number of carbonyl (C=O) groups is 1. The lowest BCUT2D eigenvalue weighted by Crippen LogP contribution is -2.23. The third kappa shape index (κ3) is 4.42. The molecule has 1 atom stereocenters. The highest BCUT2D eigenvalue weighted by atomic mass is 79.9. The highest BCUT2D eigenvalue weighted by molar-refractivity contribution is 9.10. The predicted molar refractivity (Wildman–Crippen MR) is 139 cm³/mol. The second-order valence-electron chi connectivity index (χ2n) is 8.21. The van der Waals surface area contributed by atoms with E-state index in [4.69, 9.17) is 9.72 Å². The van der Waals surface area contributed by atoms with Gasteiger partial charge in [0.05, 0.1) is 23.7 Å². The average Bonchev–Trinajstić information content (AvgIpc) is 3.09. The lowest BCUT2D eigenvalue weighted by atomic mass is 10.1. The molecule has 4 rings (SSSR count). The fourth-order valence-corrected chi connectivity index (χ4v) is 4.42. The molecule has 7 nitrogen and oxygen atoms in total. The van der Waals surface area contributed by atoms with E-state index in [1.54, 1.807) is 19.2 Å². The van der Waals surface area contributed by atoms with Crippen molar-refractivity contribution < 1.29 is 9.53 Å². The second kappa shape index (κ2) is 9.93. The molecule has 4 aromatic rings. The fraction of sp³-hybridized carbons (Fsp3) is 0.308. The van der Waals surface area contributed by atoms with Gasteiger partial charge in [0.25, 0.3) is 5.56 Å². The molecule has 0 saturated heterocycles. The van der Waals surface area contributed by atoms with Crippen molar-refractivity contribution >= 4 is 49.9 Å². The van der Waals surface area contributed by atoms with Crippen molar-refractivity contribution in [3.63, 3.8) is 0 Å². The molecule has 0 bridgehead atoms. The van der Waals surface area contributed by atoms with E-state index in [1.165, 1.54) is 4.68 Å². The summed E-state index contributed by atoms with van der Waals surface area (Å²) in [5.41, 5.74) is 3.05. The Labute approximate surface area is 206 Å². The summed E-state index contributed by atoms with van der Waals surface area (Å²) >= 11 is 3.44. The van der Waals surface area contributed by atoms with E-state index in [0.717, 1.165) is 33.1 Å². The summed E-state index contributed by atoms with van der Waals surface area (Å²) < 4.78 is 9.29. The van der Waals surface area contributed by atoms with Crippen LogP contribution in [0.4, 0.5) is 0 Å². The van der Waals surface area contributed by atoms with Crippen LogP contribution in [0.5, 0.6) is 0 Å². The molecule has 0 amide bonds. The highest BCUT2D eigenvalue weighted by Crippen LogP contribution is 2.25. The average molecular weight is 523 g/mol. The van der Waals surface area contributed by atoms with E-state index in [0.29, 0.717) is 23.3 Å². The summed E-state index contributed by atoms with van der Waals surface area (Å²) in [7, 11) is 0. The van der Waals surface area contributed by atoms with Crippen LogP contribution >= 0.6 is 15.9 Å². The van der Waals surface area contributed by atoms with Crippen LogP contribution in [-0.4, -0.2) is 33.0 Å². The maximum Gasteiger partial charge on any atom is 0.325 e. The molecule has 0 N–H and O–H groups in total. The predicted octanol–water partition coefficient (Wildman–Crippen LogP) is 5.38. The molecule has 0 fully saturated rings. The lowest BCUT2D eigenvalue weighted by molar-refractivity contribution is -0.143. The first-order chi connectivity index (χ1) is 16.3. The fourth-order valence-electron chi connectivity index (χ4n) is 4.05. The Morgan fingerprint density at radius 1 is 1.21 bits per heavy atom. The van der Waals surface area contributed by atoms with Crippen LogP contribution in [0.25, 0.3) is 21.8 Å². The van der Waals surface area contributed by atoms with Crippen LogP contribution in [0.2, 0.25) is 0 Å². The Bertz CT molecular complexity index is 1470. The quantitative estimate of drug-likeness (QED) is 0.241. The summed E-state index contributed by atoms with van der Waals surface area (Å²) in [6.07, 6.45) is 2.51. The molecule has 34 heavy (non-hydrogen) atoms. The van der Waals surface area contributed by atoms with E-state index >= 15 is 0 Å². The number of hydrogen-bond donors (Lipinski definition) is 0. The molecule has 0 aliphatic heterocycles. The normalized spacial score (nSPS) is 12.6. The minimum atomic E-state index is -0.297. The number of halogens is 1. The zero-order valence-corrected chi connectivity index (χ0v) is 21.3. The molecule has 0 spiro atoms.